The molecule has 160 valence electrons. The monoisotopic (exact) mass is 421 g/mol. The Kier molecular flexibility index (Phi) is 6.33. The number of benzene rings is 1. The van der Waals surface area contributed by atoms with E-state index in [0.717, 1.165) is 11.1 Å². The predicted octanol–water partition coefficient (Wildman–Crippen LogP) is 1.83. The largest absolute Gasteiger partial charge is 0.342 e. The van der Waals surface area contributed by atoms with Gasteiger partial charge in [0.15, 0.2) is 0 Å². The summed E-state index contributed by atoms with van der Waals surface area (Å²) in [6, 6.07) is 5.04. The van der Waals surface area contributed by atoms with Crippen molar-refractivity contribution in [3.63, 3.8) is 0 Å². The molecule has 29 heavy (non-hydrogen) atoms. The Morgan fingerprint density at radius 1 is 1.14 bits per heavy atom. The molecule has 2 heterocycles. The SMILES string of the molecule is Cc1ccc(S(=O)(=O)NC2CCN(C(=O)C3CC(=O)N(C(C)C)C3)CC2)cc1C. The van der Waals surface area contributed by atoms with Crippen LogP contribution in [-0.2, 0) is 19.6 Å². The highest BCUT2D eigenvalue weighted by atomic mass is 32.2. The molecule has 1 atom stereocenters. The molecular weight excluding hydrogens is 390 g/mol. The van der Waals surface area contributed by atoms with E-state index in [2.05, 4.69) is 4.72 Å². The molecular formula is C21H31N3O4S. The summed E-state index contributed by atoms with van der Waals surface area (Å²) in [7, 11) is -3.58. The molecule has 0 spiro atoms. The molecule has 0 saturated carbocycles. The van der Waals surface area contributed by atoms with Gasteiger partial charge in [-0.05, 0) is 63.8 Å². The van der Waals surface area contributed by atoms with Crippen LogP contribution in [0.1, 0.15) is 44.2 Å². The Labute approximate surface area is 173 Å². The molecule has 2 fully saturated rings. The van der Waals surface area contributed by atoms with E-state index in [1.807, 2.05) is 33.8 Å². The highest BCUT2D eigenvalue weighted by molar-refractivity contribution is 7.89. The number of piperidine rings is 1. The van der Waals surface area contributed by atoms with Gasteiger partial charge in [-0.2, -0.15) is 0 Å². The molecule has 0 aliphatic carbocycles. The number of likely N-dealkylation sites (tertiary alicyclic amines) is 2. The molecule has 3 rings (SSSR count). The molecule has 1 N–H and O–H groups in total. The second kappa shape index (κ2) is 8.44. The van der Waals surface area contributed by atoms with Crippen LogP contribution in [0, 0.1) is 19.8 Å². The van der Waals surface area contributed by atoms with Crippen LogP contribution in [0.3, 0.4) is 0 Å². The average molecular weight is 422 g/mol. The van der Waals surface area contributed by atoms with E-state index in [1.54, 1.807) is 21.9 Å². The highest BCUT2D eigenvalue weighted by Crippen LogP contribution is 2.24. The summed E-state index contributed by atoms with van der Waals surface area (Å²) >= 11 is 0. The number of nitrogens with one attached hydrogen (secondary N) is 1. The van der Waals surface area contributed by atoms with E-state index in [0.29, 0.717) is 32.5 Å². The summed E-state index contributed by atoms with van der Waals surface area (Å²) < 4.78 is 28.2. The van der Waals surface area contributed by atoms with Crippen molar-refractivity contribution in [3.05, 3.63) is 29.3 Å². The second-order valence-electron chi connectivity index (χ2n) is 8.51. The molecule has 2 aliphatic rings. The number of nitrogens with zero attached hydrogens (tertiary/aromatic N) is 2. The molecule has 8 heteroatoms. The first kappa shape index (κ1) is 21.8. The van der Waals surface area contributed by atoms with Crippen LogP contribution in [0.2, 0.25) is 0 Å². The minimum Gasteiger partial charge on any atom is -0.342 e. The van der Waals surface area contributed by atoms with Crippen LogP contribution in [-0.4, -0.2) is 61.7 Å². The van der Waals surface area contributed by atoms with Crippen molar-refractivity contribution >= 4 is 21.8 Å². The Hall–Kier alpha value is -1.93. The van der Waals surface area contributed by atoms with Gasteiger partial charge in [-0.15, -0.1) is 0 Å². The maximum atomic E-state index is 12.8. The number of carbonyl (C=O) groups is 2. The van der Waals surface area contributed by atoms with Crippen LogP contribution in [0.5, 0.6) is 0 Å². The molecule has 0 radical (unpaired) electrons. The number of amides is 2. The molecule has 1 aromatic rings. The third kappa shape index (κ3) is 4.80. The Balaban J connectivity index is 1.56. The molecule has 0 bridgehead atoms. The molecule has 2 saturated heterocycles. The predicted molar refractivity (Wildman–Crippen MR) is 111 cm³/mol. The topological polar surface area (TPSA) is 86.8 Å². The Bertz CT molecular complexity index is 889. The van der Waals surface area contributed by atoms with E-state index in [1.165, 1.54) is 0 Å². The quantitative estimate of drug-likeness (QED) is 0.786. The minimum atomic E-state index is -3.58. The van der Waals surface area contributed by atoms with Gasteiger partial charge in [0.1, 0.15) is 0 Å². The van der Waals surface area contributed by atoms with E-state index < -0.39 is 10.0 Å². The normalized spacial score (nSPS) is 21.3. The lowest BCUT2D eigenvalue weighted by molar-refractivity contribution is -0.136. The van der Waals surface area contributed by atoms with Gasteiger partial charge in [0.05, 0.1) is 10.8 Å². The van der Waals surface area contributed by atoms with E-state index in [4.69, 9.17) is 0 Å². The molecule has 7 nitrogen and oxygen atoms in total. The van der Waals surface area contributed by atoms with Crippen molar-refractivity contribution in [3.8, 4) is 0 Å². The zero-order valence-electron chi connectivity index (χ0n) is 17.6. The van der Waals surface area contributed by atoms with Gasteiger partial charge in [-0.1, -0.05) is 6.07 Å². The van der Waals surface area contributed by atoms with Crippen LogP contribution < -0.4 is 4.72 Å². The zero-order valence-corrected chi connectivity index (χ0v) is 18.5. The van der Waals surface area contributed by atoms with Crippen LogP contribution >= 0.6 is 0 Å². The highest BCUT2D eigenvalue weighted by Gasteiger charge is 2.38. The third-order valence-corrected chi connectivity index (χ3v) is 7.57. The molecule has 1 unspecified atom stereocenters. The van der Waals surface area contributed by atoms with E-state index in [-0.39, 0.29) is 41.1 Å². The summed E-state index contributed by atoms with van der Waals surface area (Å²) in [5.41, 5.74) is 1.99. The lowest BCUT2D eigenvalue weighted by Crippen LogP contribution is -2.48. The van der Waals surface area contributed by atoms with Crippen molar-refractivity contribution in [2.24, 2.45) is 5.92 Å². The number of carbonyl (C=O) groups excluding carboxylic acids is 2. The minimum absolute atomic E-state index is 0.0111. The Morgan fingerprint density at radius 3 is 2.34 bits per heavy atom. The third-order valence-electron chi connectivity index (χ3n) is 6.05. The van der Waals surface area contributed by atoms with Gasteiger partial charge in [-0.3, -0.25) is 9.59 Å². The first-order chi connectivity index (χ1) is 13.6. The molecule has 2 aliphatic heterocycles. The standard InChI is InChI=1S/C21H31N3O4S/c1-14(2)24-13-17(12-20(24)25)21(26)23-9-7-18(8-10-23)22-29(27,28)19-6-5-15(3)16(4)11-19/h5-6,11,14,17-18,22H,7-10,12-13H2,1-4H3. The maximum Gasteiger partial charge on any atom is 0.240 e. The smallest absolute Gasteiger partial charge is 0.240 e. The second-order valence-corrected chi connectivity index (χ2v) is 10.2. The number of aryl methyl sites for hydroxylation is 2. The number of sulfonamides is 1. The maximum absolute atomic E-state index is 12.8. The summed E-state index contributed by atoms with van der Waals surface area (Å²) in [4.78, 5) is 28.7. The van der Waals surface area contributed by atoms with Gasteiger partial charge in [-0.25, -0.2) is 13.1 Å². The van der Waals surface area contributed by atoms with Crippen molar-refractivity contribution in [2.75, 3.05) is 19.6 Å². The van der Waals surface area contributed by atoms with Gasteiger partial charge >= 0.3 is 0 Å². The number of hydrogen-bond donors (Lipinski definition) is 1. The first-order valence-corrected chi connectivity index (χ1v) is 11.7. The number of hydrogen-bond acceptors (Lipinski definition) is 4. The van der Waals surface area contributed by atoms with Crippen molar-refractivity contribution in [1.82, 2.24) is 14.5 Å². The summed E-state index contributed by atoms with van der Waals surface area (Å²) in [5, 5.41) is 0. The lowest BCUT2D eigenvalue weighted by Gasteiger charge is -2.33. The van der Waals surface area contributed by atoms with Gasteiger partial charge < -0.3 is 9.80 Å². The average Bonchev–Trinajstić information content (AvgIpc) is 3.05. The van der Waals surface area contributed by atoms with Gasteiger partial charge in [0.25, 0.3) is 0 Å². The van der Waals surface area contributed by atoms with E-state index in [9.17, 15) is 18.0 Å². The fourth-order valence-corrected chi connectivity index (χ4v) is 5.43. The van der Waals surface area contributed by atoms with Gasteiger partial charge in [0.2, 0.25) is 21.8 Å². The van der Waals surface area contributed by atoms with Crippen molar-refractivity contribution < 1.29 is 18.0 Å². The number of rotatable bonds is 5. The van der Waals surface area contributed by atoms with Crippen LogP contribution in [0.15, 0.2) is 23.1 Å². The van der Waals surface area contributed by atoms with Crippen molar-refractivity contribution in [2.45, 2.75) is 63.9 Å². The Morgan fingerprint density at radius 2 is 1.79 bits per heavy atom. The summed E-state index contributed by atoms with van der Waals surface area (Å²) in [6.07, 6.45) is 1.42. The van der Waals surface area contributed by atoms with Crippen molar-refractivity contribution in [1.29, 1.82) is 0 Å². The lowest BCUT2D eigenvalue weighted by atomic mass is 10.0. The zero-order chi connectivity index (χ0) is 21.3. The summed E-state index contributed by atoms with van der Waals surface area (Å²) in [5.74, 6) is -0.236. The van der Waals surface area contributed by atoms with Gasteiger partial charge in [0, 0.05) is 38.1 Å². The van der Waals surface area contributed by atoms with E-state index >= 15 is 0 Å². The summed E-state index contributed by atoms with van der Waals surface area (Å²) in [6.45, 7) is 9.25. The fraction of sp³-hybridized carbons (Fsp3) is 0.619. The molecule has 0 aromatic heterocycles. The van der Waals surface area contributed by atoms with Crippen LogP contribution in [0.4, 0.5) is 0 Å². The molecule has 2 amide bonds. The molecule has 1 aromatic carbocycles. The van der Waals surface area contributed by atoms with Crippen LogP contribution in [0.25, 0.3) is 0 Å². The first-order valence-electron chi connectivity index (χ1n) is 10.3. The fourth-order valence-electron chi connectivity index (χ4n) is 4.04.